The predicted molar refractivity (Wildman–Crippen MR) is 139 cm³/mol. The zero-order chi connectivity index (χ0) is 26.5. The van der Waals surface area contributed by atoms with Crippen molar-refractivity contribution in [1.82, 2.24) is 10.2 Å². The van der Waals surface area contributed by atoms with E-state index in [0.29, 0.717) is 5.69 Å². The van der Waals surface area contributed by atoms with E-state index in [-0.39, 0.29) is 17.7 Å². The summed E-state index contributed by atoms with van der Waals surface area (Å²) in [6.07, 6.45) is -0.675. The van der Waals surface area contributed by atoms with Crippen LogP contribution in [0.2, 0.25) is 0 Å². The van der Waals surface area contributed by atoms with E-state index in [1.807, 2.05) is 77.1 Å². The fourth-order valence-electron chi connectivity index (χ4n) is 3.80. The van der Waals surface area contributed by atoms with Gasteiger partial charge < -0.3 is 20.3 Å². The first-order valence-corrected chi connectivity index (χ1v) is 11.9. The molecule has 2 rings (SSSR count). The van der Waals surface area contributed by atoms with Crippen molar-refractivity contribution in [2.75, 3.05) is 12.4 Å². The van der Waals surface area contributed by atoms with Gasteiger partial charge in [-0.3, -0.25) is 9.59 Å². The minimum Gasteiger partial charge on any atom is -0.444 e. The highest BCUT2D eigenvalue weighted by molar-refractivity contribution is 5.99. The quantitative estimate of drug-likeness (QED) is 0.562. The Morgan fingerprint density at radius 1 is 0.914 bits per heavy atom. The Labute approximate surface area is 209 Å². The van der Waals surface area contributed by atoms with Crippen LogP contribution in [0.25, 0.3) is 0 Å². The molecule has 0 aromatic heterocycles. The van der Waals surface area contributed by atoms with Crippen LogP contribution in [-0.4, -0.2) is 41.5 Å². The number of rotatable bonds is 7. The Balaban J connectivity index is 2.44. The molecule has 2 aromatic rings. The van der Waals surface area contributed by atoms with Gasteiger partial charge in [-0.15, -0.1) is 0 Å². The second-order valence-corrected chi connectivity index (χ2v) is 10.3. The molecule has 190 valence electrons. The van der Waals surface area contributed by atoms with Crippen molar-refractivity contribution >= 4 is 23.6 Å². The van der Waals surface area contributed by atoms with Gasteiger partial charge in [0, 0.05) is 12.7 Å². The van der Waals surface area contributed by atoms with Crippen LogP contribution in [0.5, 0.6) is 0 Å². The number of alkyl carbamates (subject to hydrolysis) is 1. The topological polar surface area (TPSA) is 87.7 Å². The van der Waals surface area contributed by atoms with Gasteiger partial charge in [0.1, 0.15) is 17.7 Å². The molecule has 0 aliphatic carbocycles. The number of hydrogen-bond donors (Lipinski definition) is 2. The normalized spacial score (nSPS) is 13.1. The molecule has 0 fully saturated rings. The van der Waals surface area contributed by atoms with Gasteiger partial charge in [0.25, 0.3) is 5.91 Å². The molecule has 0 radical (unpaired) electrons. The Morgan fingerprint density at radius 2 is 1.51 bits per heavy atom. The van der Waals surface area contributed by atoms with E-state index in [0.717, 1.165) is 22.3 Å². The van der Waals surface area contributed by atoms with Gasteiger partial charge in [0.15, 0.2) is 0 Å². The molecule has 7 heteroatoms. The number of carbonyl (C=O) groups excluding carboxylic acids is 3. The molecule has 2 unspecified atom stereocenters. The first kappa shape index (κ1) is 27.9. The van der Waals surface area contributed by atoms with Gasteiger partial charge in [-0.25, -0.2) is 4.79 Å². The van der Waals surface area contributed by atoms with Crippen LogP contribution in [0.15, 0.2) is 42.5 Å². The molecule has 2 atom stereocenters. The van der Waals surface area contributed by atoms with Gasteiger partial charge in [-0.1, -0.05) is 50.2 Å². The maximum atomic E-state index is 13.7. The van der Waals surface area contributed by atoms with Crippen molar-refractivity contribution in [1.29, 1.82) is 0 Å². The van der Waals surface area contributed by atoms with Crippen molar-refractivity contribution in [3.05, 3.63) is 64.7 Å². The summed E-state index contributed by atoms with van der Waals surface area (Å²) < 4.78 is 5.37. The monoisotopic (exact) mass is 481 g/mol. The van der Waals surface area contributed by atoms with Crippen molar-refractivity contribution in [3.8, 4) is 0 Å². The standard InChI is InChI=1S/C28H39N3O4/c1-17(2)23(30-27(34)35-28(6,7)8)26(33)31(9)24(21-15-12-14-18(3)20(21)5)25(32)29-22-16-11-10-13-19(22)4/h10-17,23-24H,1-9H3,(H,29,32)(H,30,34). The minimum atomic E-state index is -0.899. The lowest BCUT2D eigenvalue weighted by atomic mass is 9.94. The number of benzene rings is 2. The first-order valence-electron chi connectivity index (χ1n) is 11.9. The molecule has 0 aliphatic rings. The first-order chi connectivity index (χ1) is 16.2. The van der Waals surface area contributed by atoms with Crippen LogP contribution >= 0.6 is 0 Å². The summed E-state index contributed by atoms with van der Waals surface area (Å²) in [5, 5.41) is 5.69. The number of anilines is 1. The van der Waals surface area contributed by atoms with Crippen molar-refractivity contribution in [2.45, 2.75) is 73.1 Å². The lowest BCUT2D eigenvalue weighted by Crippen LogP contribution is -2.53. The number of para-hydroxylation sites is 1. The van der Waals surface area contributed by atoms with E-state index in [4.69, 9.17) is 4.74 Å². The van der Waals surface area contributed by atoms with Crippen LogP contribution in [0.3, 0.4) is 0 Å². The molecule has 0 heterocycles. The SMILES string of the molecule is Cc1ccccc1NC(=O)C(c1cccc(C)c1C)N(C)C(=O)C(NC(=O)OC(C)(C)C)C(C)C. The number of nitrogens with one attached hydrogen (secondary N) is 2. The van der Waals surface area contributed by atoms with Gasteiger partial charge in [-0.05, 0) is 75.8 Å². The molecule has 0 saturated carbocycles. The zero-order valence-electron chi connectivity index (χ0n) is 22.4. The van der Waals surface area contributed by atoms with Crippen LogP contribution < -0.4 is 10.6 Å². The van der Waals surface area contributed by atoms with Crippen LogP contribution in [0.1, 0.15) is 62.9 Å². The Hall–Kier alpha value is -3.35. The molecule has 0 bridgehead atoms. The van der Waals surface area contributed by atoms with Gasteiger partial charge in [0.2, 0.25) is 5.91 Å². The molecule has 0 aliphatic heterocycles. The highest BCUT2D eigenvalue weighted by atomic mass is 16.6. The van der Waals surface area contributed by atoms with E-state index in [1.165, 1.54) is 4.90 Å². The van der Waals surface area contributed by atoms with Crippen LogP contribution in [-0.2, 0) is 14.3 Å². The van der Waals surface area contributed by atoms with Gasteiger partial charge in [0.05, 0.1) is 0 Å². The molecule has 2 aromatic carbocycles. The molecule has 3 amide bonds. The van der Waals surface area contributed by atoms with E-state index >= 15 is 0 Å². The average Bonchev–Trinajstić information content (AvgIpc) is 2.74. The maximum Gasteiger partial charge on any atom is 0.408 e. The number of likely N-dealkylation sites (N-methyl/N-ethyl adjacent to an activating group) is 1. The zero-order valence-corrected chi connectivity index (χ0v) is 22.4. The average molecular weight is 482 g/mol. The summed E-state index contributed by atoms with van der Waals surface area (Å²) in [6.45, 7) is 14.8. The van der Waals surface area contributed by atoms with E-state index in [2.05, 4.69) is 10.6 Å². The van der Waals surface area contributed by atoms with E-state index < -0.39 is 23.8 Å². The lowest BCUT2D eigenvalue weighted by molar-refractivity contribution is -0.140. The van der Waals surface area contributed by atoms with Crippen LogP contribution in [0.4, 0.5) is 10.5 Å². The molecule has 0 saturated heterocycles. The number of aryl methyl sites for hydroxylation is 2. The fraction of sp³-hybridized carbons (Fsp3) is 0.464. The molecular weight excluding hydrogens is 442 g/mol. The Morgan fingerprint density at radius 3 is 2.09 bits per heavy atom. The lowest BCUT2D eigenvalue weighted by Gasteiger charge is -2.33. The van der Waals surface area contributed by atoms with E-state index in [1.54, 1.807) is 27.8 Å². The molecule has 0 spiro atoms. The molecule has 7 nitrogen and oxygen atoms in total. The van der Waals surface area contributed by atoms with Crippen molar-refractivity contribution < 1.29 is 19.1 Å². The smallest absolute Gasteiger partial charge is 0.408 e. The predicted octanol–water partition coefficient (Wildman–Crippen LogP) is 5.30. The third kappa shape index (κ3) is 7.31. The minimum absolute atomic E-state index is 0.226. The van der Waals surface area contributed by atoms with Crippen molar-refractivity contribution in [2.24, 2.45) is 5.92 Å². The maximum absolute atomic E-state index is 13.7. The number of nitrogens with zero attached hydrogens (tertiary/aromatic N) is 1. The number of carbonyl (C=O) groups is 3. The number of ether oxygens (including phenoxy) is 1. The summed E-state index contributed by atoms with van der Waals surface area (Å²) in [5.74, 6) is -0.934. The van der Waals surface area contributed by atoms with Crippen LogP contribution in [0, 0.1) is 26.7 Å². The van der Waals surface area contributed by atoms with E-state index in [9.17, 15) is 14.4 Å². The van der Waals surface area contributed by atoms with Gasteiger partial charge in [-0.2, -0.15) is 0 Å². The summed E-state index contributed by atoms with van der Waals surface area (Å²) in [4.78, 5) is 41.2. The Kier molecular flexibility index (Phi) is 9.07. The summed E-state index contributed by atoms with van der Waals surface area (Å²) in [7, 11) is 1.60. The molecule has 35 heavy (non-hydrogen) atoms. The molecule has 2 N–H and O–H groups in total. The van der Waals surface area contributed by atoms with Crippen molar-refractivity contribution in [3.63, 3.8) is 0 Å². The molecular formula is C28H39N3O4. The summed E-state index contributed by atoms with van der Waals surface area (Å²) in [6, 6.07) is 11.4. The fourth-order valence-corrected chi connectivity index (χ4v) is 3.80. The second kappa shape index (κ2) is 11.4. The number of hydrogen-bond acceptors (Lipinski definition) is 4. The van der Waals surface area contributed by atoms with Gasteiger partial charge >= 0.3 is 6.09 Å². The second-order valence-electron chi connectivity index (χ2n) is 10.3. The Bertz CT molecular complexity index is 1070. The summed E-state index contributed by atoms with van der Waals surface area (Å²) in [5.41, 5.74) is 3.58. The highest BCUT2D eigenvalue weighted by Gasteiger charge is 2.36. The third-order valence-electron chi connectivity index (χ3n) is 5.93. The highest BCUT2D eigenvalue weighted by Crippen LogP contribution is 2.28. The number of amides is 3. The largest absolute Gasteiger partial charge is 0.444 e. The summed E-state index contributed by atoms with van der Waals surface area (Å²) >= 11 is 0. The third-order valence-corrected chi connectivity index (χ3v) is 5.93.